The van der Waals surface area contributed by atoms with Gasteiger partial charge in [0.15, 0.2) is 0 Å². The number of carbonyl (C=O) groups excluding carboxylic acids is 1. The van der Waals surface area contributed by atoms with Gasteiger partial charge in [-0.1, -0.05) is 0 Å². The highest BCUT2D eigenvalue weighted by atomic mass is 32.1. The normalized spacial score (nSPS) is 18.3. The number of piperidine rings is 1. The first-order valence-corrected chi connectivity index (χ1v) is 8.83. The van der Waals surface area contributed by atoms with Crippen LogP contribution in [0.4, 0.5) is 4.79 Å². The second-order valence-electron chi connectivity index (χ2n) is 6.94. The average Bonchev–Trinajstić information content (AvgIpc) is 2.97. The van der Waals surface area contributed by atoms with Crippen molar-refractivity contribution >= 4 is 17.4 Å². The molecule has 0 saturated carbocycles. The largest absolute Gasteiger partial charge is 0.444 e. The van der Waals surface area contributed by atoms with Crippen LogP contribution in [0.3, 0.4) is 0 Å². The lowest BCUT2D eigenvalue weighted by Crippen LogP contribution is -2.43. The van der Waals surface area contributed by atoms with E-state index in [9.17, 15) is 4.79 Å². The lowest BCUT2D eigenvalue weighted by Gasteiger charge is -2.33. The van der Waals surface area contributed by atoms with Crippen LogP contribution in [0.2, 0.25) is 0 Å². The Balaban J connectivity index is 1.70. The van der Waals surface area contributed by atoms with Gasteiger partial charge in [0, 0.05) is 30.2 Å². The average molecular weight is 325 g/mol. The van der Waals surface area contributed by atoms with E-state index in [4.69, 9.17) is 4.74 Å². The summed E-state index contributed by atoms with van der Waals surface area (Å²) in [7, 11) is 0. The molecule has 1 unspecified atom stereocenters. The Labute approximate surface area is 137 Å². The third-order valence-corrected chi connectivity index (χ3v) is 4.82. The number of nitrogens with one attached hydrogen (secondary N) is 1. The van der Waals surface area contributed by atoms with Crippen molar-refractivity contribution in [1.29, 1.82) is 0 Å². The predicted octanol–water partition coefficient (Wildman–Crippen LogP) is 3.44. The number of rotatable bonds is 4. The van der Waals surface area contributed by atoms with Gasteiger partial charge in [0.2, 0.25) is 0 Å². The summed E-state index contributed by atoms with van der Waals surface area (Å²) in [6.45, 7) is 10.4. The topological polar surface area (TPSA) is 54.5 Å². The molecule has 6 heteroatoms. The Kier molecular flexibility index (Phi) is 5.81. The van der Waals surface area contributed by atoms with Crippen LogP contribution < -0.4 is 5.32 Å². The molecular formula is C16H27N3O2S. The smallest absolute Gasteiger partial charge is 0.410 e. The SMILES string of the molecule is CC(NCC1CCN(C(=O)OC(C)(C)C)CC1)c1cncs1. The summed E-state index contributed by atoms with van der Waals surface area (Å²) in [6, 6.07) is 0.344. The second kappa shape index (κ2) is 7.42. The number of thiazole rings is 1. The first-order chi connectivity index (χ1) is 10.3. The van der Waals surface area contributed by atoms with E-state index < -0.39 is 5.60 Å². The highest BCUT2D eigenvalue weighted by Gasteiger charge is 2.26. The van der Waals surface area contributed by atoms with Crippen molar-refractivity contribution in [1.82, 2.24) is 15.2 Å². The van der Waals surface area contributed by atoms with Crippen LogP contribution in [0.15, 0.2) is 11.7 Å². The van der Waals surface area contributed by atoms with Crippen LogP contribution >= 0.6 is 11.3 Å². The third kappa shape index (κ3) is 5.25. The molecule has 0 radical (unpaired) electrons. The minimum Gasteiger partial charge on any atom is -0.444 e. The molecule has 1 aromatic heterocycles. The molecule has 0 aliphatic carbocycles. The Morgan fingerprint density at radius 1 is 1.50 bits per heavy atom. The van der Waals surface area contributed by atoms with Gasteiger partial charge >= 0.3 is 6.09 Å². The van der Waals surface area contributed by atoms with Crippen molar-refractivity contribution in [3.8, 4) is 0 Å². The molecule has 124 valence electrons. The van der Waals surface area contributed by atoms with Crippen LogP contribution in [-0.4, -0.2) is 41.2 Å². The van der Waals surface area contributed by atoms with Crippen molar-refractivity contribution in [3.05, 3.63) is 16.6 Å². The standard InChI is InChI=1S/C16H27N3O2S/c1-12(14-10-17-11-22-14)18-9-13-5-7-19(8-6-13)15(20)21-16(2,3)4/h10-13,18H,5-9H2,1-4H3. The molecule has 1 amide bonds. The predicted molar refractivity (Wildman–Crippen MR) is 89.1 cm³/mol. The lowest BCUT2D eigenvalue weighted by molar-refractivity contribution is 0.0183. The van der Waals surface area contributed by atoms with E-state index in [1.54, 1.807) is 11.3 Å². The number of likely N-dealkylation sites (tertiary alicyclic amines) is 1. The molecule has 0 spiro atoms. The van der Waals surface area contributed by atoms with Gasteiger partial charge in [0.1, 0.15) is 5.60 Å². The van der Waals surface area contributed by atoms with Crippen LogP contribution in [0.25, 0.3) is 0 Å². The monoisotopic (exact) mass is 325 g/mol. The molecule has 2 rings (SSSR count). The van der Waals surface area contributed by atoms with Gasteiger partial charge in [-0.3, -0.25) is 4.98 Å². The van der Waals surface area contributed by atoms with Gasteiger partial charge in [-0.05, 0) is 53.0 Å². The Morgan fingerprint density at radius 3 is 2.73 bits per heavy atom. The Bertz CT molecular complexity index is 462. The van der Waals surface area contributed by atoms with Crippen molar-refractivity contribution in [2.45, 2.75) is 52.2 Å². The fraction of sp³-hybridized carbons (Fsp3) is 0.750. The first-order valence-electron chi connectivity index (χ1n) is 7.95. The number of aromatic nitrogens is 1. The second-order valence-corrected chi connectivity index (χ2v) is 7.86. The summed E-state index contributed by atoms with van der Waals surface area (Å²) in [6.07, 6.45) is 3.80. The van der Waals surface area contributed by atoms with E-state index in [1.165, 1.54) is 4.88 Å². The molecule has 22 heavy (non-hydrogen) atoms. The minimum atomic E-state index is -0.417. The lowest BCUT2D eigenvalue weighted by atomic mass is 9.97. The van der Waals surface area contributed by atoms with E-state index >= 15 is 0 Å². The van der Waals surface area contributed by atoms with Crippen molar-refractivity contribution in [2.24, 2.45) is 5.92 Å². The molecule has 1 aromatic rings. The van der Waals surface area contributed by atoms with Crippen LogP contribution in [-0.2, 0) is 4.74 Å². The maximum atomic E-state index is 12.0. The maximum absolute atomic E-state index is 12.0. The zero-order valence-corrected chi connectivity index (χ0v) is 14.8. The van der Waals surface area contributed by atoms with E-state index in [2.05, 4.69) is 17.2 Å². The molecule has 1 atom stereocenters. The van der Waals surface area contributed by atoms with Crippen LogP contribution in [0.1, 0.15) is 51.5 Å². The highest BCUT2D eigenvalue weighted by molar-refractivity contribution is 7.09. The van der Waals surface area contributed by atoms with Crippen molar-refractivity contribution < 1.29 is 9.53 Å². The summed E-state index contributed by atoms with van der Waals surface area (Å²) >= 11 is 1.68. The fourth-order valence-corrected chi connectivity index (χ4v) is 3.18. The molecule has 1 fully saturated rings. The van der Waals surface area contributed by atoms with Gasteiger partial charge in [-0.2, -0.15) is 0 Å². The summed E-state index contributed by atoms with van der Waals surface area (Å²) in [5.74, 6) is 0.619. The van der Waals surface area contributed by atoms with E-state index in [-0.39, 0.29) is 6.09 Å². The minimum absolute atomic E-state index is 0.183. The van der Waals surface area contributed by atoms with Crippen LogP contribution in [0.5, 0.6) is 0 Å². The third-order valence-electron chi connectivity index (χ3n) is 3.86. The molecule has 5 nitrogen and oxygen atoms in total. The van der Waals surface area contributed by atoms with Crippen LogP contribution in [0, 0.1) is 5.92 Å². The molecule has 1 saturated heterocycles. The fourth-order valence-electron chi connectivity index (χ4n) is 2.53. The summed E-state index contributed by atoms with van der Waals surface area (Å²) < 4.78 is 5.43. The molecule has 1 N–H and O–H groups in total. The molecule has 1 aliphatic heterocycles. The first kappa shape index (κ1) is 17.2. The van der Waals surface area contributed by atoms with Gasteiger partial charge in [0.05, 0.1) is 5.51 Å². The van der Waals surface area contributed by atoms with Crippen molar-refractivity contribution in [3.63, 3.8) is 0 Å². The summed E-state index contributed by atoms with van der Waals surface area (Å²) in [5, 5.41) is 3.57. The number of hydrogen-bond acceptors (Lipinski definition) is 5. The van der Waals surface area contributed by atoms with Gasteiger partial charge in [0.25, 0.3) is 0 Å². The number of hydrogen-bond donors (Lipinski definition) is 1. The van der Waals surface area contributed by atoms with E-state index in [0.29, 0.717) is 12.0 Å². The van der Waals surface area contributed by atoms with Gasteiger partial charge < -0.3 is 15.0 Å². The number of nitrogens with zero attached hydrogens (tertiary/aromatic N) is 2. The number of ether oxygens (including phenoxy) is 1. The Morgan fingerprint density at radius 2 is 2.18 bits per heavy atom. The maximum Gasteiger partial charge on any atom is 0.410 e. The quantitative estimate of drug-likeness (QED) is 0.921. The highest BCUT2D eigenvalue weighted by Crippen LogP contribution is 2.21. The molecule has 0 aromatic carbocycles. The number of amides is 1. The van der Waals surface area contributed by atoms with Gasteiger partial charge in [-0.15, -0.1) is 11.3 Å². The zero-order chi connectivity index (χ0) is 16.2. The molecule has 0 bridgehead atoms. The van der Waals surface area contributed by atoms with Crippen molar-refractivity contribution in [2.75, 3.05) is 19.6 Å². The molecule has 2 heterocycles. The summed E-state index contributed by atoms with van der Waals surface area (Å²) in [4.78, 5) is 19.2. The Hall–Kier alpha value is -1.14. The molecular weight excluding hydrogens is 298 g/mol. The number of carbonyl (C=O) groups is 1. The molecule has 1 aliphatic rings. The van der Waals surface area contributed by atoms with E-state index in [1.807, 2.05) is 37.4 Å². The summed E-state index contributed by atoms with van der Waals surface area (Å²) in [5.41, 5.74) is 1.45. The zero-order valence-electron chi connectivity index (χ0n) is 14.0. The van der Waals surface area contributed by atoms with Gasteiger partial charge in [-0.25, -0.2) is 4.79 Å². The van der Waals surface area contributed by atoms with E-state index in [0.717, 1.165) is 32.5 Å².